The van der Waals surface area contributed by atoms with Crippen LogP contribution >= 0.6 is 24.0 Å². The zero-order valence-electron chi connectivity index (χ0n) is 25.0. The summed E-state index contributed by atoms with van der Waals surface area (Å²) < 4.78 is 68.6. The van der Waals surface area contributed by atoms with Gasteiger partial charge in [0.1, 0.15) is 12.1 Å². The van der Waals surface area contributed by atoms with Gasteiger partial charge >= 0.3 is 12.3 Å². The number of halogens is 5. The maximum Gasteiger partial charge on any atom is 0.499 e. The summed E-state index contributed by atoms with van der Waals surface area (Å²) in [7, 11) is 0. The molecule has 3 aromatic carbocycles. The number of amides is 1. The van der Waals surface area contributed by atoms with Gasteiger partial charge in [-0.1, -0.05) is 62.0 Å². The van der Waals surface area contributed by atoms with E-state index in [-0.39, 0.29) is 22.7 Å². The number of aromatic nitrogens is 3. The Balaban J connectivity index is 1.21. The third-order valence-corrected chi connectivity index (χ3v) is 7.83. The fourth-order valence-electron chi connectivity index (χ4n) is 4.40. The number of aryl methyl sites for hydroxylation is 1. The van der Waals surface area contributed by atoms with Gasteiger partial charge in [-0.25, -0.2) is 9.67 Å². The minimum absolute atomic E-state index is 0.0772. The lowest BCUT2D eigenvalue weighted by atomic mass is 9.99. The molecule has 0 saturated carbocycles. The summed E-state index contributed by atoms with van der Waals surface area (Å²) in [5, 5.41) is 9.05. The maximum atomic E-state index is 13.1. The number of amidine groups is 1. The highest BCUT2D eigenvalue weighted by atomic mass is 32.2. The molecule has 2 heterocycles. The van der Waals surface area contributed by atoms with Gasteiger partial charge in [0, 0.05) is 5.56 Å². The second-order valence-corrected chi connectivity index (χ2v) is 11.9. The molecular formula is C31H26F5N7O2S2. The van der Waals surface area contributed by atoms with Crippen LogP contribution in [0, 0.1) is 6.92 Å². The van der Waals surface area contributed by atoms with Crippen molar-refractivity contribution in [1.29, 1.82) is 0 Å². The van der Waals surface area contributed by atoms with E-state index in [0.717, 1.165) is 34.5 Å². The molecule has 4 aromatic rings. The van der Waals surface area contributed by atoms with E-state index < -0.39 is 18.0 Å². The van der Waals surface area contributed by atoms with E-state index in [1.807, 2.05) is 25.1 Å². The van der Waals surface area contributed by atoms with Crippen molar-refractivity contribution in [3.63, 3.8) is 0 Å². The lowest BCUT2D eigenvalue weighted by molar-refractivity contribution is -0.360. The van der Waals surface area contributed by atoms with Gasteiger partial charge in [0.05, 0.1) is 23.3 Å². The highest BCUT2D eigenvalue weighted by Gasteiger charge is 2.61. The van der Waals surface area contributed by atoms with E-state index in [4.69, 9.17) is 12.2 Å². The Morgan fingerprint density at radius 2 is 1.77 bits per heavy atom. The minimum atomic E-state index is -5.84. The van der Waals surface area contributed by atoms with Crippen molar-refractivity contribution < 1.29 is 31.5 Å². The van der Waals surface area contributed by atoms with Crippen LogP contribution in [0.3, 0.4) is 0 Å². The van der Waals surface area contributed by atoms with Crippen molar-refractivity contribution >= 4 is 52.1 Å². The number of carbonyl (C=O) groups excluding carboxylic acids is 1. The number of thioether (sulfide) groups is 1. The third kappa shape index (κ3) is 7.82. The van der Waals surface area contributed by atoms with Crippen molar-refractivity contribution in [2.75, 3.05) is 10.7 Å². The number of benzene rings is 3. The first kappa shape index (κ1) is 33.7. The number of nitrogens with one attached hydrogen (secondary N) is 1. The van der Waals surface area contributed by atoms with E-state index in [0.29, 0.717) is 22.2 Å². The molecule has 47 heavy (non-hydrogen) atoms. The lowest BCUT2D eigenvalue weighted by Gasteiger charge is -2.22. The molecule has 1 fully saturated rings. The van der Waals surface area contributed by atoms with Gasteiger partial charge in [0.15, 0.2) is 11.0 Å². The molecule has 1 aliphatic heterocycles. The number of aliphatic imine (C=N–C) groups is 1. The molecule has 9 nitrogen and oxygen atoms in total. The Morgan fingerprint density at radius 1 is 1.06 bits per heavy atom. The van der Waals surface area contributed by atoms with E-state index in [1.54, 1.807) is 29.2 Å². The van der Waals surface area contributed by atoms with Crippen LogP contribution in [0.15, 0.2) is 83.2 Å². The normalized spacial score (nSPS) is 14.9. The van der Waals surface area contributed by atoms with E-state index in [1.165, 1.54) is 41.1 Å². The Kier molecular flexibility index (Phi) is 9.72. The maximum absolute atomic E-state index is 13.1. The van der Waals surface area contributed by atoms with Gasteiger partial charge in [0.25, 0.3) is 0 Å². The minimum Gasteiger partial charge on any atom is -0.426 e. The number of hydrogen-bond donors (Lipinski definition) is 1. The zero-order valence-corrected chi connectivity index (χ0v) is 26.6. The highest BCUT2D eigenvalue weighted by molar-refractivity contribution is 8.15. The molecular weight excluding hydrogens is 662 g/mol. The van der Waals surface area contributed by atoms with E-state index >= 15 is 0 Å². The molecule has 244 valence electrons. The summed E-state index contributed by atoms with van der Waals surface area (Å²) in [4.78, 5) is 23.1. The first-order valence-corrected chi connectivity index (χ1v) is 15.4. The number of thiocarbonyl (C=S) groups is 1. The molecule has 16 heteroatoms. The molecule has 1 aliphatic rings. The molecule has 1 amide bonds. The third-order valence-electron chi connectivity index (χ3n) is 6.72. The molecule has 0 radical (unpaired) electrons. The van der Waals surface area contributed by atoms with E-state index in [9.17, 15) is 26.7 Å². The first-order valence-electron chi connectivity index (χ1n) is 14.0. The quantitative estimate of drug-likeness (QED) is 0.0903. The summed E-state index contributed by atoms with van der Waals surface area (Å²) in [6.07, 6.45) is -8.25. The number of hydrazone groups is 1. The van der Waals surface area contributed by atoms with Gasteiger partial charge in [0.2, 0.25) is 11.0 Å². The van der Waals surface area contributed by atoms with Crippen molar-refractivity contribution in [3.8, 4) is 22.8 Å². The second kappa shape index (κ2) is 13.6. The summed E-state index contributed by atoms with van der Waals surface area (Å²) in [5.41, 5.74) is 7.30. The van der Waals surface area contributed by atoms with Crippen LogP contribution in [0.4, 0.5) is 27.6 Å². The number of nitrogens with zero attached hydrogens (tertiary/aromatic N) is 6. The Hall–Kier alpha value is -4.70. The predicted octanol–water partition coefficient (Wildman–Crippen LogP) is 7.24. The largest absolute Gasteiger partial charge is 0.499 e. The standard InChI is InChI=1S/C31H26F5N7O2S2/c1-18(2)24-13-4-19(3)14-25(24)43-26(44)16-47-29(43)39-28(46)40-38-15-20-5-7-21(8-6-20)27-37-17-42(41-27)22-9-11-23(12-10-22)45-31(35,36)30(32,33)34/h4-15,17-18H,16H2,1-3H3,(H,40,46)/b38-15+,39-29-. The number of hydrogen-bond acceptors (Lipinski definition) is 7. The molecule has 1 aromatic heterocycles. The molecule has 1 N–H and O–H groups in total. The van der Waals surface area contributed by atoms with Crippen LogP contribution in [0.5, 0.6) is 5.75 Å². The topological polar surface area (TPSA) is 97.0 Å². The fraction of sp³-hybridized carbons (Fsp3) is 0.226. The molecule has 5 rings (SSSR count). The lowest BCUT2D eigenvalue weighted by Crippen LogP contribution is -2.41. The molecule has 0 atom stereocenters. The smallest absolute Gasteiger partial charge is 0.426 e. The fourth-order valence-corrected chi connectivity index (χ4v) is 5.47. The average molecular weight is 688 g/mol. The molecule has 0 spiro atoms. The molecule has 0 unspecified atom stereocenters. The van der Waals surface area contributed by atoms with Gasteiger partial charge < -0.3 is 4.74 Å². The molecule has 1 saturated heterocycles. The molecule has 0 aliphatic carbocycles. The van der Waals surface area contributed by atoms with Crippen molar-refractivity contribution in [1.82, 2.24) is 20.2 Å². The number of ether oxygens (including phenoxy) is 1. The highest BCUT2D eigenvalue weighted by Crippen LogP contribution is 2.37. The van der Waals surface area contributed by atoms with Gasteiger partial charge in [-0.3, -0.25) is 15.1 Å². The van der Waals surface area contributed by atoms with Gasteiger partial charge in [-0.2, -0.15) is 32.0 Å². The zero-order chi connectivity index (χ0) is 33.9. The van der Waals surface area contributed by atoms with Crippen molar-refractivity contribution in [2.45, 2.75) is 39.0 Å². The van der Waals surface area contributed by atoms with E-state index in [2.05, 4.69) is 44.2 Å². The van der Waals surface area contributed by atoms with Crippen LogP contribution in [0.25, 0.3) is 17.1 Å². The summed E-state index contributed by atoms with van der Waals surface area (Å²) in [6, 6.07) is 17.5. The number of carbonyl (C=O) groups is 1. The SMILES string of the molecule is Cc1ccc(C(C)C)c(N2C(=O)CS/C2=N\C(=S)N/N=C/c2ccc(-c3ncn(-c4ccc(OC(F)(F)C(F)(F)F)cc4)n3)cc2)c1. The Labute approximate surface area is 275 Å². The average Bonchev–Trinajstić information content (AvgIpc) is 3.64. The predicted molar refractivity (Wildman–Crippen MR) is 174 cm³/mol. The van der Waals surface area contributed by atoms with Crippen LogP contribution in [-0.2, 0) is 4.79 Å². The van der Waals surface area contributed by atoms with Crippen LogP contribution in [0.1, 0.15) is 36.5 Å². The van der Waals surface area contributed by atoms with Crippen molar-refractivity contribution in [3.05, 3.63) is 89.7 Å². The summed E-state index contributed by atoms with van der Waals surface area (Å²) >= 11 is 6.67. The summed E-state index contributed by atoms with van der Waals surface area (Å²) in [6.45, 7) is 6.10. The first-order chi connectivity index (χ1) is 22.2. The Bertz CT molecular complexity index is 1840. The second-order valence-electron chi connectivity index (χ2n) is 10.5. The number of alkyl halides is 5. The monoisotopic (exact) mass is 687 g/mol. The van der Waals surface area contributed by atoms with Crippen molar-refractivity contribution in [2.24, 2.45) is 10.1 Å². The Morgan fingerprint density at radius 3 is 2.43 bits per heavy atom. The van der Waals surface area contributed by atoms with Crippen LogP contribution in [0.2, 0.25) is 0 Å². The van der Waals surface area contributed by atoms with Gasteiger partial charge in [-0.15, -0.1) is 5.10 Å². The number of rotatable bonds is 8. The summed E-state index contributed by atoms with van der Waals surface area (Å²) in [5.74, 6) is 0.0624. The van der Waals surface area contributed by atoms with Crippen LogP contribution < -0.4 is 15.1 Å². The number of anilines is 1. The van der Waals surface area contributed by atoms with Gasteiger partial charge in [-0.05, 0) is 72.1 Å². The molecule has 0 bridgehead atoms. The van der Waals surface area contributed by atoms with Crippen LogP contribution in [-0.4, -0.2) is 55.2 Å².